The highest BCUT2D eigenvalue weighted by molar-refractivity contribution is 6.30. The van der Waals surface area contributed by atoms with Gasteiger partial charge in [-0.3, -0.25) is 19.9 Å². The van der Waals surface area contributed by atoms with Crippen molar-refractivity contribution in [3.63, 3.8) is 0 Å². The maximum atomic E-state index is 13.6. The van der Waals surface area contributed by atoms with Crippen LogP contribution in [0.4, 0.5) is 0 Å². The summed E-state index contributed by atoms with van der Waals surface area (Å²) < 4.78 is 0. The Labute approximate surface area is 205 Å². The van der Waals surface area contributed by atoms with Crippen molar-refractivity contribution < 1.29 is 14.7 Å². The number of aliphatic carboxylic acids is 1. The van der Waals surface area contributed by atoms with Gasteiger partial charge in [-0.15, -0.1) is 0 Å². The zero-order valence-electron chi connectivity index (χ0n) is 19.1. The predicted molar refractivity (Wildman–Crippen MR) is 131 cm³/mol. The lowest BCUT2D eigenvalue weighted by atomic mass is 9.80. The zero-order valence-corrected chi connectivity index (χ0v) is 19.9. The Balaban J connectivity index is 1.36. The second-order valence-electron chi connectivity index (χ2n) is 9.84. The summed E-state index contributed by atoms with van der Waals surface area (Å²) in [7, 11) is 0. The molecule has 7 heteroatoms. The molecule has 34 heavy (non-hydrogen) atoms. The molecule has 1 saturated carbocycles. The average molecular weight is 480 g/mol. The quantitative estimate of drug-likeness (QED) is 0.658. The Hall–Kier alpha value is -2.70. The van der Waals surface area contributed by atoms with Gasteiger partial charge in [0, 0.05) is 36.9 Å². The third kappa shape index (κ3) is 4.89. The van der Waals surface area contributed by atoms with E-state index in [1.54, 1.807) is 0 Å². The molecular formula is C27H30ClN3O3. The van der Waals surface area contributed by atoms with Crippen molar-refractivity contribution in [2.45, 2.75) is 51.2 Å². The number of fused-ring (bicyclic) bond motifs is 3. The minimum absolute atomic E-state index is 0.140. The van der Waals surface area contributed by atoms with Crippen molar-refractivity contribution >= 4 is 29.1 Å². The fourth-order valence-corrected chi connectivity index (χ4v) is 5.83. The lowest BCUT2D eigenvalue weighted by Gasteiger charge is -2.43. The van der Waals surface area contributed by atoms with E-state index in [1.165, 1.54) is 11.1 Å². The molecule has 0 spiro atoms. The van der Waals surface area contributed by atoms with Crippen molar-refractivity contribution in [3.8, 4) is 0 Å². The standard InChI is InChI=1S/C27H30ClN3O3/c28-22-7-3-17(4-8-22)11-19-12-24-23-9-10-29-14-21(23)15-30-26(24)31(16-19)25(32)13-18-1-5-20(6-2-18)27(33)34/h3-4,7-10,12,14,18-20,26,30H,1-2,5-6,11,13,15-16H2,(H,33,34)/t18-,19?,20-,26?. The number of nitrogens with one attached hydrogen (secondary N) is 1. The fourth-order valence-electron chi connectivity index (χ4n) is 5.71. The summed E-state index contributed by atoms with van der Waals surface area (Å²) in [6.07, 6.45) is 10.2. The van der Waals surface area contributed by atoms with Crippen LogP contribution in [0.2, 0.25) is 5.02 Å². The van der Waals surface area contributed by atoms with Crippen molar-refractivity contribution in [2.24, 2.45) is 17.8 Å². The second kappa shape index (κ2) is 9.88. The molecule has 1 aromatic heterocycles. The third-order valence-corrected chi connectivity index (χ3v) is 7.80. The van der Waals surface area contributed by atoms with E-state index in [1.807, 2.05) is 29.4 Å². The molecule has 2 aromatic rings. The molecule has 178 valence electrons. The van der Waals surface area contributed by atoms with Crippen LogP contribution in [0.3, 0.4) is 0 Å². The van der Waals surface area contributed by atoms with E-state index in [9.17, 15) is 14.7 Å². The number of rotatable bonds is 5. The van der Waals surface area contributed by atoms with Crippen LogP contribution in [0.5, 0.6) is 0 Å². The zero-order chi connectivity index (χ0) is 23.7. The first-order valence-electron chi connectivity index (χ1n) is 12.1. The monoisotopic (exact) mass is 479 g/mol. The average Bonchev–Trinajstić information content (AvgIpc) is 2.85. The van der Waals surface area contributed by atoms with E-state index in [2.05, 4.69) is 34.6 Å². The van der Waals surface area contributed by atoms with Gasteiger partial charge in [-0.25, -0.2) is 0 Å². The van der Waals surface area contributed by atoms with E-state index >= 15 is 0 Å². The topological polar surface area (TPSA) is 82.5 Å². The number of carbonyl (C=O) groups is 2. The number of hydrogen-bond donors (Lipinski definition) is 2. The Kier molecular flexibility index (Phi) is 6.70. The van der Waals surface area contributed by atoms with Crippen LogP contribution in [0.1, 0.15) is 48.8 Å². The lowest BCUT2D eigenvalue weighted by Crippen LogP contribution is -2.55. The first-order chi connectivity index (χ1) is 16.5. The molecule has 2 atom stereocenters. The normalized spacial score (nSPS) is 26.3. The number of pyridine rings is 1. The highest BCUT2D eigenvalue weighted by atomic mass is 35.5. The molecular weight excluding hydrogens is 450 g/mol. The number of hydrogen-bond acceptors (Lipinski definition) is 4. The van der Waals surface area contributed by atoms with Crippen LogP contribution in [0.15, 0.2) is 48.8 Å². The molecule has 1 fully saturated rings. The Morgan fingerprint density at radius 1 is 1.12 bits per heavy atom. The number of carboxylic acid groups (broad SMARTS) is 1. The van der Waals surface area contributed by atoms with Crippen molar-refractivity contribution in [2.75, 3.05) is 6.54 Å². The Morgan fingerprint density at radius 3 is 2.62 bits per heavy atom. The van der Waals surface area contributed by atoms with Gasteiger partial charge in [0.05, 0.1) is 5.92 Å². The van der Waals surface area contributed by atoms with E-state index in [0.29, 0.717) is 32.4 Å². The second-order valence-corrected chi connectivity index (χ2v) is 10.3. The molecule has 3 aliphatic rings. The van der Waals surface area contributed by atoms with Gasteiger partial charge >= 0.3 is 5.97 Å². The molecule has 1 aromatic carbocycles. The molecule has 0 radical (unpaired) electrons. The molecule has 6 nitrogen and oxygen atoms in total. The maximum Gasteiger partial charge on any atom is 0.306 e. The minimum Gasteiger partial charge on any atom is -0.481 e. The van der Waals surface area contributed by atoms with Crippen LogP contribution in [-0.2, 0) is 22.6 Å². The van der Waals surface area contributed by atoms with Crippen LogP contribution in [0.25, 0.3) is 5.57 Å². The van der Waals surface area contributed by atoms with Gasteiger partial charge in [0.25, 0.3) is 0 Å². The summed E-state index contributed by atoms with van der Waals surface area (Å²) in [6, 6.07) is 9.98. The van der Waals surface area contributed by atoms with E-state index in [-0.39, 0.29) is 29.8 Å². The first-order valence-corrected chi connectivity index (χ1v) is 12.5. The molecule has 5 rings (SSSR count). The minimum atomic E-state index is -0.708. The van der Waals surface area contributed by atoms with Crippen molar-refractivity contribution in [1.82, 2.24) is 15.2 Å². The highest BCUT2D eigenvalue weighted by Crippen LogP contribution is 2.37. The summed E-state index contributed by atoms with van der Waals surface area (Å²) in [5.74, 6) is -0.363. The lowest BCUT2D eigenvalue weighted by molar-refractivity contribution is -0.143. The van der Waals surface area contributed by atoms with Crippen LogP contribution < -0.4 is 5.32 Å². The number of benzene rings is 1. The highest BCUT2D eigenvalue weighted by Gasteiger charge is 2.37. The van der Waals surface area contributed by atoms with Crippen LogP contribution in [0, 0.1) is 17.8 Å². The maximum absolute atomic E-state index is 13.6. The van der Waals surface area contributed by atoms with Gasteiger partial charge in [0.15, 0.2) is 0 Å². The largest absolute Gasteiger partial charge is 0.481 e. The van der Waals surface area contributed by atoms with E-state index in [4.69, 9.17) is 11.6 Å². The Bertz CT molecular complexity index is 1090. The molecule has 2 unspecified atom stereocenters. The van der Waals surface area contributed by atoms with Gasteiger partial charge in [-0.1, -0.05) is 29.8 Å². The van der Waals surface area contributed by atoms with Crippen LogP contribution >= 0.6 is 11.6 Å². The molecule has 0 bridgehead atoms. The van der Waals surface area contributed by atoms with E-state index < -0.39 is 5.97 Å². The van der Waals surface area contributed by atoms with Crippen molar-refractivity contribution in [1.29, 1.82) is 0 Å². The first kappa shape index (κ1) is 23.1. The fraction of sp³-hybridized carbons (Fsp3) is 0.444. The number of nitrogens with zero attached hydrogens (tertiary/aromatic N) is 2. The summed E-state index contributed by atoms with van der Waals surface area (Å²) in [5, 5.41) is 13.6. The van der Waals surface area contributed by atoms with Gasteiger partial charge in [0.1, 0.15) is 6.17 Å². The Morgan fingerprint density at radius 2 is 1.88 bits per heavy atom. The number of halogens is 1. The van der Waals surface area contributed by atoms with E-state index in [0.717, 1.165) is 35.4 Å². The van der Waals surface area contributed by atoms with Gasteiger partial charge in [-0.05, 0) is 84.4 Å². The summed E-state index contributed by atoms with van der Waals surface area (Å²) >= 11 is 6.07. The summed E-state index contributed by atoms with van der Waals surface area (Å²) in [6.45, 7) is 1.34. The van der Waals surface area contributed by atoms with Gasteiger partial charge in [0.2, 0.25) is 5.91 Å². The van der Waals surface area contributed by atoms with Gasteiger partial charge < -0.3 is 10.0 Å². The van der Waals surface area contributed by atoms with Gasteiger partial charge in [-0.2, -0.15) is 0 Å². The summed E-state index contributed by atoms with van der Waals surface area (Å²) in [5.41, 5.74) is 4.66. The molecule has 2 N–H and O–H groups in total. The number of carboxylic acids is 1. The number of carbonyl (C=O) groups excluding carboxylic acids is 1. The number of amides is 1. The summed E-state index contributed by atoms with van der Waals surface area (Å²) in [4.78, 5) is 31.2. The third-order valence-electron chi connectivity index (χ3n) is 7.54. The molecule has 1 amide bonds. The molecule has 0 saturated heterocycles. The number of aromatic nitrogens is 1. The molecule has 2 aliphatic heterocycles. The smallest absolute Gasteiger partial charge is 0.306 e. The SMILES string of the molecule is O=C(C[C@H]1CC[C@H](C(=O)O)CC1)N1CC(Cc2ccc(Cl)cc2)C=C2c3ccncc3CNC21. The molecule has 3 heterocycles. The van der Waals surface area contributed by atoms with Crippen molar-refractivity contribution in [3.05, 3.63) is 70.5 Å². The predicted octanol–water partition coefficient (Wildman–Crippen LogP) is 4.53. The van der Waals surface area contributed by atoms with Crippen LogP contribution in [-0.4, -0.2) is 39.6 Å². The molecule has 1 aliphatic carbocycles.